The van der Waals surface area contributed by atoms with E-state index in [1.165, 1.54) is 11.6 Å². The summed E-state index contributed by atoms with van der Waals surface area (Å²) < 4.78 is 21.7. The molecule has 1 heterocycles. The number of aliphatic hydroxyl groups is 1. The van der Waals surface area contributed by atoms with Gasteiger partial charge in [0.05, 0.1) is 6.61 Å². The summed E-state index contributed by atoms with van der Waals surface area (Å²) in [4.78, 5) is 23.7. The van der Waals surface area contributed by atoms with E-state index in [9.17, 15) is 9.59 Å². The molecule has 1 aliphatic rings. The zero-order chi connectivity index (χ0) is 23.5. The van der Waals surface area contributed by atoms with Crippen molar-refractivity contribution in [2.24, 2.45) is 0 Å². The predicted octanol–water partition coefficient (Wildman–Crippen LogP) is 3.31. The first-order valence-electron chi connectivity index (χ1n) is 10.4. The largest absolute Gasteiger partial charge is 0.491 e. The van der Waals surface area contributed by atoms with Gasteiger partial charge in [-0.2, -0.15) is 0 Å². The van der Waals surface area contributed by atoms with Gasteiger partial charge in [0, 0.05) is 17.8 Å². The SMILES string of the molecule is O=C(/C=C/CCC[C@@H](OC(=O)Nc1ccc2c(c1)OCO2)c1cccc(OCCO)c1)NO. The Morgan fingerprint density at radius 3 is 2.82 bits per heavy atom. The van der Waals surface area contributed by atoms with Crippen molar-refractivity contribution in [1.29, 1.82) is 0 Å². The fraction of sp³-hybridized carbons (Fsp3) is 0.304. The zero-order valence-electron chi connectivity index (χ0n) is 17.9. The van der Waals surface area contributed by atoms with Gasteiger partial charge in [-0.05, 0) is 49.1 Å². The summed E-state index contributed by atoms with van der Waals surface area (Å²) in [5.41, 5.74) is 2.75. The number of aliphatic hydroxyl groups excluding tert-OH is 1. The van der Waals surface area contributed by atoms with Crippen LogP contribution in [-0.2, 0) is 9.53 Å². The number of allylic oxidation sites excluding steroid dienone is 1. The van der Waals surface area contributed by atoms with E-state index in [0.29, 0.717) is 42.2 Å². The Kier molecular flexibility index (Phi) is 8.92. The van der Waals surface area contributed by atoms with Gasteiger partial charge in [0.15, 0.2) is 11.5 Å². The molecule has 0 saturated heterocycles. The first-order valence-corrected chi connectivity index (χ1v) is 10.4. The van der Waals surface area contributed by atoms with Crippen molar-refractivity contribution < 1.29 is 38.9 Å². The molecule has 1 aliphatic heterocycles. The first-order chi connectivity index (χ1) is 16.1. The fourth-order valence-corrected chi connectivity index (χ4v) is 3.16. The summed E-state index contributed by atoms with van der Waals surface area (Å²) in [5.74, 6) is 1.08. The predicted molar refractivity (Wildman–Crippen MR) is 117 cm³/mol. The van der Waals surface area contributed by atoms with E-state index in [0.717, 1.165) is 5.56 Å². The van der Waals surface area contributed by atoms with Crippen LogP contribution >= 0.6 is 0 Å². The van der Waals surface area contributed by atoms with Crippen LogP contribution in [0, 0.1) is 0 Å². The maximum atomic E-state index is 12.6. The number of nitrogens with one attached hydrogen (secondary N) is 2. The molecule has 0 radical (unpaired) electrons. The molecule has 0 aromatic heterocycles. The molecule has 2 aromatic carbocycles. The number of unbranched alkanes of at least 4 members (excludes halogenated alkanes) is 1. The number of fused-ring (bicyclic) bond motifs is 1. The number of hydrogen-bond donors (Lipinski definition) is 4. The van der Waals surface area contributed by atoms with E-state index in [2.05, 4.69) is 5.32 Å². The summed E-state index contributed by atoms with van der Waals surface area (Å²) in [6.45, 7) is 0.168. The Bertz CT molecular complexity index is 979. The van der Waals surface area contributed by atoms with E-state index in [4.69, 9.17) is 29.3 Å². The van der Waals surface area contributed by atoms with E-state index in [1.54, 1.807) is 42.5 Å². The third kappa shape index (κ3) is 7.41. The molecule has 0 spiro atoms. The number of rotatable bonds is 11. The van der Waals surface area contributed by atoms with E-state index >= 15 is 0 Å². The Balaban J connectivity index is 1.65. The minimum atomic E-state index is -0.643. The van der Waals surface area contributed by atoms with Gasteiger partial charge in [-0.1, -0.05) is 18.2 Å². The second-order valence-electron chi connectivity index (χ2n) is 7.04. The topological polar surface area (TPSA) is 136 Å². The number of amides is 2. The average Bonchev–Trinajstić information content (AvgIpc) is 3.29. The normalized spacial score (nSPS) is 12.9. The highest BCUT2D eigenvalue weighted by Crippen LogP contribution is 2.34. The van der Waals surface area contributed by atoms with Gasteiger partial charge in [0.2, 0.25) is 6.79 Å². The van der Waals surface area contributed by atoms with Crippen molar-refractivity contribution in [3.05, 3.63) is 60.2 Å². The first kappa shape index (κ1) is 23.9. The molecule has 10 nitrogen and oxygen atoms in total. The maximum Gasteiger partial charge on any atom is 0.412 e. The number of carbonyl (C=O) groups is 2. The van der Waals surface area contributed by atoms with Crippen LogP contribution in [0.2, 0.25) is 0 Å². The molecule has 0 aliphatic carbocycles. The fourth-order valence-electron chi connectivity index (χ4n) is 3.16. The van der Waals surface area contributed by atoms with Gasteiger partial charge in [-0.25, -0.2) is 10.3 Å². The van der Waals surface area contributed by atoms with Crippen LogP contribution in [0.4, 0.5) is 10.5 Å². The van der Waals surface area contributed by atoms with Crippen LogP contribution in [0.25, 0.3) is 0 Å². The molecule has 3 rings (SSSR count). The standard InChI is InChI=1S/C23H26N2O8/c26-11-12-30-18-6-4-5-16(13-18)19(7-2-1-3-8-22(27)25-29)33-23(28)24-17-9-10-20-21(14-17)32-15-31-20/h3-6,8-10,13-14,19,26,29H,1-2,7,11-12,15H2,(H,24,28)(H,25,27)/b8-3+/t19-/m1/s1. The summed E-state index contributed by atoms with van der Waals surface area (Å²) in [6, 6.07) is 12.1. The molecular weight excluding hydrogens is 432 g/mol. The molecule has 2 amide bonds. The van der Waals surface area contributed by atoms with Crippen LogP contribution in [0.1, 0.15) is 30.9 Å². The van der Waals surface area contributed by atoms with Crippen molar-refractivity contribution in [1.82, 2.24) is 5.48 Å². The third-order valence-corrected chi connectivity index (χ3v) is 4.67. The highest BCUT2D eigenvalue weighted by Gasteiger charge is 2.19. The molecule has 0 fully saturated rings. The van der Waals surface area contributed by atoms with E-state index < -0.39 is 18.1 Å². The molecule has 0 bridgehead atoms. The summed E-state index contributed by atoms with van der Waals surface area (Å²) >= 11 is 0. The Labute approximate surface area is 190 Å². The van der Waals surface area contributed by atoms with Gasteiger partial charge in [0.1, 0.15) is 18.5 Å². The van der Waals surface area contributed by atoms with Gasteiger partial charge >= 0.3 is 6.09 Å². The van der Waals surface area contributed by atoms with Crippen LogP contribution in [-0.4, -0.2) is 42.3 Å². The highest BCUT2D eigenvalue weighted by molar-refractivity contribution is 5.86. The van der Waals surface area contributed by atoms with Crippen LogP contribution in [0.3, 0.4) is 0 Å². The zero-order valence-corrected chi connectivity index (χ0v) is 17.9. The van der Waals surface area contributed by atoms with Gasteiger partial charge < -0.3 is 24.1 Å². The van der Waals surface area contributed by atoms with E-state index in [1.807, 2.05) is 6.07 Å². The Morgan fingerprint density at radius 2 is 2.00 bits per heavy atom. The van der Waals surface area contributed by atoms with Gasteiger partial charge in [0.25, 0.3) is 5.91 Å². The van der Waals surface area contributed by atoms with Gasteiger partial charge in [-0.15, -0.1) is 0 Å². The number of anilines is 1. The van der Waals surface area contributed by atoms with Crippen molar-refractivity contribution >= 4 is 17.7 Å². The number of hydroxylamine groups is 1. The molecule has 1 atom stereocenters. The van der Waals surface area contributed by atoms with Crippen LogP contribution in [0.15, 0.2) is 54.6 Å². The van der Waals surface area contributed by atoms with Crippen LogP contribution in [0.5, 0.6) is 17.2 Å². The molecular formula is C23H26N2O8. The lowest BCUT2D eigenvalue weighted by atomic mass is 10.0. The van der Waals surface area contributed by atoms with Crippen LogP contribution < -0.4 is 25.0 Å². The smallest absolute Gasteiger partial charge is 0.412 e. The highest BCUT2D eigenvalue weighted by atomic mass is 16.7. The molecule has 0 unspecified atom stereocenters. The lowest BCUT2D eigenvalue weighted by Crippen LogP contribution is -2.18. The monoisotopic (exact) mass is 458 g/mol. The molecule has 0 saturated carbocycles. The van der Waals surface area contributed by atoms with Crippen molar-refractivity contribution in [2.75, 3.05) is 25.3 Å². The second kappa shape index (κ2) is 12.3. The number of ether oxygens (including phenoxy) is 4. The minimum Gasteiger partial charge on any atom is -0.491 e. The third-order valence-electron chi connectivity index (χ3n) is 4.67. The van der Waals surface area contributed by atoms with Crippen molar-refractivity contribution in [3.8, 4) is 17.2 Å². The summed E-state index contributed by atoms with van der Waals surface area (Å²) in [6.07, 6.45) is 3.24. The van der Waals surface area contributed by atoms with Gasteiger partial charge in [-0.3, -0.25) is 15.3 Å². The quantitative estimate of drug-likeness (QED) is 0.174. The summed E-state index contributed by atoms with van der Waals surface area (Å²) in [7, 11) is 0. The second-order valence-corrected chi connectivity index (χ2v) is 7.04. The van der Waals surface area contributed by atoms with Crippen molar-refractivity contribution in [2.45, 2.75) is 25.4 Å². The lowest BCUT2D eigenvalue weighted by molar-refractivity contribution is -0.124. The average molecular weight is 458 g/mol. The number of benzene rings is 2. The molecule has 176 valence electrons. The Morgan fingerprint density at radius 1 is 1.15 bits per heavy atom. The van der Waals surface area contributed by atoms with E-state index in [-0.39, 0.29) is 20.0 Å². The lowest BCUT2D eigenvalue weighted by Gasteiger charge is -2.19. The molecule has 2 aromatic rings. The Hall–Kier alpha value is -3.76. The molecule has 4 N–H and O–H groups in total. The molecule has 33 heavy (non-hydrogen) atoms. The van der Waals surface area contributed by atoms with Crippen molar-refractivity contribution in [3.63, 3.8) is 0 Å². The molecule has 10 heteroatoms. The number of hydrogen-bond acceptors (Lipinski definition) is 8. The number of carbonyl (C=O) groups excluding carboxylic acids is 2. The minimum absolute atomic E-state index is 0.115. The summed E-state index contributed by atoms with van der Waals surface area (Å²) in [5, 5.41) is 20.2. The maximum absolute atomic E-state index is 12.6.